The number of benzene rings is 2. The van der Waals surface area contributed by atoms with Crippen molar-refractivity contribution in [3.05, 3.63) is 119 Å². The van der Waals surface area contributed by atoms with Gasteiger partial charge in [0.15, 0.2) is 0 Å². The molecule has 192 valence electrons. The molecule has 1 N–H and O–H groups in total. The van der Waals surface area contributed by atoms with Crippen LogP contribution in [-0.2, 0) is 29.5 Å². The number of hydrogen-bond donors (Lipinski definition) is 1. The molecule has 4 heterocycles. The van der Waals surface area contributed by atoms with Crippen LogP contribution in [0.25, 0.3) is 11.1 Å². The second kappa shape index (κ2) is 10.5. The zero-order chi connectivity index (χ0) is 26.0. The number of rotatable bonds is 7. The molecule has 1 atom stereocenters. The third kappa shape index (κ3) is 5.00. The van der Waals surface area contributed by atoms with Crippen LogP contribution in [0.4, 0.5) is 5.69 Å². The number of pyridine rings is 1. The first-order chi connectivity index (χ1) is 18.6. The Morgan fingerprint density at radius 1 is 0.947 bits per heavy atom. The highest BCUT2D eigenvalue weighted by atomic mass is 32.2. The average Bonchev–Trinajstić information content (AvgIpc) is 3.64. The Morgan fingerprint density at radius 2 is 1.84 bits per heavy atom. The van der Waals surface area contributed by atoms with Crippen LogP contribution in [0.2, 0.25) is 0 Å². The molecule has 9 heteroatoms. The minimum atomic E-state index is -3.81. The summed E-state index contributed by atoms with van der Waals surface area (Å²) < 4.78 is 29.9. The lowest BCUT2D eigenvalue weighted by Crippen LogP contribution is -2.45. The molecule has 0 radical (unpaired) electrons. The molecule has 1 aliphatic rings. The number of fused-ring (bicyclic) bond motifs is 1. The van der Waals surface area contributed by atoms with Crippen molar-refractivity contribution in [3.8, 4) is 11.1 Å². The number of nitrogens with zero attached hydrogens (tertiary/aromatic N) is 4. The molecule has 38 heavy (non-hydrogen) atoms. The van der Waals surface area contributed by atoms with Gasteiger partial charge in [0.2, 0.25) is 10.0 Å². The lowest BCUT2D eigenvalue weighted by atomic mass is 10.0. The van der Waals surface area contributed by atoms with Crippen molar-refractivity contribution in [2.75, 3.05) is 11.4 Å². The third-order valence-electron chi connectivity index (χ3n) is 6.87. The molecule has 5 aromatic rings. The van der Waals surface area contributed by atoms with Crippen LogP contribution in [0.3, 0.4) is 0 Å². The first kappa shape index (κ1) is 24.5. The van der Waals surface area contributed by atoms with E-state index in [9.17, 15) is 8.42 Å². The Morgan fingerprint density at radius 3 is 2.58 bits per heavy atom. The molecular formula is C29H27N5O2S2. The summed E-state index contributed by atoms with van der Waals surface area (Å²) in [5.41, 5.74) is 5.12. The van der Waals surface area contributed by atoms with Crippen molar-refractivity contribution in [2.24, 2.45) is 0 Å². The zero-order valence-electron chi connectivity index (χ0n) is 20.6. The number of nitrogens with one attached hydrogen (secondary N) is 1. The summed E-state index contributed by atoms with van der Waals surface area (Å²) in [5.74, 6) is 0. The molecule has 0 amide bonds. The Kier molecular flexibility index (Phi) is 6.80. The van der Waals surface area contributed by atoms with Gasteiger partial charge in [-0.1, -0.05) is 42.5 Å². The van der Waals surface area contributed by atoms with Gasteiger partial charge in [0.05, 0.1) is 18.6 Å². The van der Waals surface area contributed by atoms with E-state index in [0.717, 1.165) is 32.9 Å². The van der Waals surface area contributed by atoms with Crippen molar-refractivity contribution in [3.63, 3.8) is 0 Å². The van der Waals surface area contributed by atoms with Gasteiger partial charge in [0, 0.05) is 54.7 Å². The molecule has 1 aliphatic heterocycles. The van der Waals surface area contributed by atoms with Gasteiger partial charge < -0.3 is 9.88 Å². The molecular weight excluding hydrogens is 514 g/mol. The summed E-state index contributed by atoms with van der Waals surface area (Å²) in [7, 11) is -3.81. The van der Waals surface area contributed by atoms with Crippen LogP contribution < -0.4 is 4.90 Å². The lowest BCUT2D eigenvalue weighted by molar-refractivity contribution is 0.319. The zero-order valence-corrected chi connectivity index (χ0v) is 22.3. The van der Waals surface area contributed by atoms with Crippen LogP contribution in [0.1, 0.15) is 16.1 Å². The van der Waals surface area contributed by atoms with Crippen molar-refractivity contribution in [1.29, 1.82) is 0 Å². The van der Waals surface area contributed by atoms with Crippen molar-refractivity contribution in [2.45, 2.75) is 30.4 Å². The molecule has 6 rings (SSSR count). The maximum absolute atomic E-state index is 14.1. The fourth-order valence-electron chi connectivity index (χ4n) is 5.04. The van der Waals surface area contributed by atoms with E-state index in [1.807, 2.05) is 35.8 Å². The summed E-state index contributed by atoms with van der Waals surface area (Å²) >= 11 is 1.65. The summed E-state index contributed by atoms with van der Waals surface area (Å²) in [5, 5.41) is 2.04. The number of aromatic nitrogens is 3. The fourth-order valence-corrected chi connectivity index (χ4v) is 7.38. The van der Waals surface area contributed by atoms with Crippen molar-refractivity contribution >= 4 is 27.0 Å². The maximum Gasteiger partial charge on any atom is 0.245 e. The highest BCUT2D eigenvalue weighted by Crippen LogP contribution is 2.35. The quantitative estimate of drug-likeness (QED) is 0.300. The molecule has 0 unspecified atom stereocenters. The normalized spacial score (nSPS) is 16.2. The minimum Gasteiger partial charge on any atom is -0.364 e. The standard InChI is InChI=1S/C29H27N5O2S2/c35-38(36,28-9-4-12-30-17-28)34-18-24-14-23(22-6-2-1-3-7-22)10-11-29(24)33(19-25-16-31-21-32-25)20-26(34)15-27-8-5-13-37-27/h1-14,16-17,21,26H,15,18-20H2,(H,31,32)/t26-/m1/s1. The lowest BCUT2D eigenvalue weighted by Gasteiger charge is -2.31. The topological polar surface area (TPSA) is 82.2 Å². The summed E-state index contributed by atoms with van der Waals surface area (Å²) in [6.07, 6.45) is 7.15. The van der Waals surface area contributed by atoms with E-state index in [2.05, 4.69) is 56.3 Å². The van der Waals surface area contributed by atoms with Gasteiger partial charge in [0.1, 0.15) is 4.90 Å². The number of sulfonamides is 1. The largest absolute Gasteiger partial charge is 0.364 e. The molecule has 0 bridgehead atoms. The first-order valence-electron chi connectivity index (χ1n) is 12.4. The van der Waals surface area contributed by atoms with Gasteiger partial charge in [0.25, 0.3) is 0 Å². The molecule has 3 aromatic heterocycles. The monoisotopic (exact) mass is 541 g/mol. The van der Waals surface area contributed by atoms with Crippen LogP contribution >= 0.6 is 11.3 Å². The molecule has 0 spiro atoms. The van der Waals surface area contributed by atoms with E-state index in [1.54, 1.807) is 40.3 Å². The molecule has 0 saturated carbocycles. The Hall–Kier alpha value is -3.79. The third-order valence-corrected chi connectivity index (χ3v) is 9.65. The van der Waals surface area contributed by atoms with Gasteiger partial charge >= 0.3 is 0 Å². The van der Waals surface area contributed by atoms with Gasteiger partial charge in [-0.2, -0.15) is 4.31 Å². The number of anilines is 1. The highest BCUT2D eigenvalue weighted by molar-refractivity contribution is 7.89. The van der Waals surface area contributed by atoms with E-state index in [1.165, 1.54) is 6.20 Å². The van der Waals surface area contributed by atoms with E-state index in [-0.39, 0.29) is 17.5 Å². The summed E-state index contributed by atoms with van der Waals surface area (Å²) in [6.45, 7) is 1.40. The number of aromatic amines is 1. The van der Waals surface area contributed by atoms with E-state index < -0.39 is 10.0 Å². The van der Waals surface area contributed by atoms with E-state index in [4.69, 9.17) is 0 Å². The predicted octanol–water partition coefficient (Wildman–Crippen LogP) is 5.36. The maximum atomic E-state index is 14.1. The second-order valence-electron chi connectivity index (χ2n) is 9.34. The number of H-pyrrole nitrogens is 1. The van der Waals surface area contributed by atoms with Gasteiger partial charge in [-0.15, -0.1) is 11.3 Å². The highest BCUT2D eigenvalue weighted by Gasteiger charge is 2.37. The molecule has 7 nitrogen and oxygen atoms in total. The van der Waals surface area contributed by atoms with Crippen molar-refractivity contribution < 1.29 is 8.42 Å². The Bertz CT molecular complexity index is 1590. The molecule has 0 aliphatic carbocycles. The number of thiophene rings is 1. The molecule has 0 saturated heterocycles. The average molecular weight is 542 g/mol. The number of hydrogen-bond acceptors (Lipinski definition) is 6. The Labute approximate surface area is 226 Å². The van der Waals surface area contributed by atoms with Gasteiger partial charge in [-0.3, -0.25) is 4.98 Å². The van der Waals surface area contributed by atoms with Crippen LogP contribution in [-0.4, -0.2) is 40.3 Å². The first-order valence-corrected chi connectivity index (χ1v) is 14.7. The fraction of sp³-hybridized carbons (Fsp3) is 0.172. The Balaban J connectivity index is 1.48. The minimum absolute atomic E-state index is 0.207. The predicted molar refractivity (Wildman–Crippen MR) is 150 cm³/mol. The van der Waals surface area contributed by atoms with Crippen LogP contribution in [0.15, 0.2) is 108 Å². The summed E-state index contributed by atoms with van der Waals surface area (Å²) in [4.78, 5) is 15.1. The second-order valence-corrected chi connectivity index (χ2v) is 12.3. The van der Waals surface area contributed by atoms with Crippen molar-refractivity contribution in [1.82, 2.24) is 19.3 Å². The number of imidazole rings is 1. The smallest absolute Gasteiger partial charge is 0.245 e. The van der Waals surface area contributed by atoms with Crippen LogP contribution in [0, 0.1) is 0 Å². The summed E-state index contributed by atoms with van der Waals surface area (Å²) in [6, 6.07) is 23.6. The molecule has 0 fully saturated rings. The van der Waals surface area contributed by atoms with Gasteiger partial charge in [-0.05, 0) is 52.4 Å². The van der Waals surface area contributed by atoms with Gasteiger partial charge in [-0.25, -0.2) is 13.4 Å². The molecule has 2 aromatic carbocycles. The van der Waals surface area contributed by atoms with Crippen LogP contribution in [0.5, 0.6) is 0 Å². The SMILES string of the molecule is O=S(=O)(c1cccnc1)N1Cc2cc(-c3ccccc3)ccc2N(Cc2cnc[nH]2)C[C@H]1Cc1cccs1. The van der Waals surface area contributed by atoms with E-state index in [0.29, 0.717) is 19.5 Å². The van der Waals surface area contributed by atoms with E-state index >= 15 is 0 Å².